The lowest BCUT2D eigenvalue weighted by molar-refractivity contribution is 0.131. The van der Waals surface area contributed by atoms with Crippen LogP contribution in [0.5, 0.6) is 0 Å². The van der Waals surface area contributed by atoms with Crippen molar-refractivity contribution in [3.05, 3.63) is 29.5 Å². The van der Waals surface area contributed by atoms with E-state index in [-0.39, 0.29) is 16.1 Å². The van der Waals surface area contributed by atoms with Gasteiger partial charge in [-0.05, 0) is 61.7 Å². The highest BCUT2D eigenvalue weighted by Crippen LogP contribution is 2.48. The van der Waals surface area contributed by atoms with Crippen molar-refractivity contribution < 1.29 is 4.42 Å². The van der Waals surface area contributed by atoms with Crippen molar-refractivity contribution in [1.29, 1.82) is 0 Å². The summed E-state index contributed by atoms with van der Waals surface area (Å²) in [7, 11) is 0. The average molecular weight is 335 g/mol. The van der Waals surface area contributed by atoms with Gasteiger partial charge in [-0.3, -0.25) is 0 Å². The zero-order chi connectivity index (χ0) is 16.5. The average Bonchev–Trinajstić information content (AvgIpc) is 3.07. The summed E-state index contributed by atoms with van der Waals surface area (Å²) in [6, 6.07) is 1.76. The van der Waals surface area contributed by atoms with Crippen LogP contribution in [0.3, 0.4) is 0 Å². The number of hydrogen-bond acceptors (Lipinski definition) is 5. The van der Waals surface area contributed by atoms with Gasteiger partial charge in [-0.15, -0.1) is 0 Å². The summed E-state index contributed by atoms with van der Waals surface area (Å²) >= 11 is 5.85. The van der Waals surface area contributed by atoms with Crippen LogP contribution in [0.15, 0.2) is 22.9 Å². The molecule has 1 fully saturated rings. The maximum Gasteiger partial charge on any atom is 0.245 e. The van der Waals surface area contributed by atoms with Gasteiger partial charge in [0, 0.05) is 11.6 Å². The van der Waals surface area contributed by atoms with E-state index < -0.39 is 0 Å². The Kier molecular flexibility index (Phi) is 4.43. The highest BCUT2D eigenvalue weighted by molar-refractivity contribution is 6.28. The Morgan fingerprint density at radius 3 is 2.61 bits per heavy atom. The van der Waals surface area contributed by atoms with E-state index in [9.17, 15) is 0 Å². The van der Waals surface area contributed by atoms with Crippen LogP contribution in [0, 0.1) is 5.41 Å². The second kappa shape index (κ2) is 6.21. The molecule has 5 nitrogen and oxygen atoms in total. The first kappa shape index (κ1) is 16.4. The fourth-order valence-corrected chi connectivity index (χ4v) is 3.55. The van der Waals surface area contributed by atoms with Gasteiger partial charge in [0.25, 0.3) is 0 Å². The largest absolute Gasteiger partial charge is 0.439 e. The Morgan fingerprint density at radius 2 is 2.00 bits per heavy atom. The van der Waals surface area contributed by atoms with E-state index in [1.54, 1.807) is 12.3 Å². The summed E-state index contributed by atoms with van der Waals surface area (Å²) in [5.74, 6) is 1.45. The number of halogens is 1. The highest BCUT2D eigenvalue weighted by atomic mass is 35.5. The molecule has 2 aromatic heterocycles. The molecule has 1 aliphatic carbocycles. The van der Waals surface area contributed by atoms with Crippen molar-refractivity contribution >= 4 is 11.6 Å². The molecule has 0 radical (unpaired) electrons. The third-order valence-electron chi connectivity index (χ3n) is 5.46. The van der Waals surface area contributed by atoms with Crippen LogP contribution >= 0.6 is 11.6 Å². The van der Waals surface area contributed by atoms with Gasteiger partial charge in [0.2, 0.25) is 11.2 Å². The van der Waals surface area contributed by atoms with Gasteiger partial charge in [-0.2, -0.15) is 0 Å². The molecule has 0 spiro atoms. The molecular weight excluding hydrogens is 312 g/mol. The maximum absolute atomic E-state index is 6.07. The van der Waals surface area contributed by atoms with E-state index in [0.29, 0.717) is 11.6 Å². The Labute approximate surface area is 141 Å². The minimum absolute atomic E-state index is 0.0523. The SMILES string of the molecule is CC[C@]1(c2cnc(-c3ccnc(Cl)n3)o2)CC[C@@](C)(CN)CC1. The molecule has 2 heterocycles. The molecule has 1 aliphatic rings. The normalized spacial score (nSPS) is 28.0. The minimum Gasteiger partial charge on any atom is -0.439 e. The fourth-order valence-electron chi connectivity index (χ4n) is 3.40. The maximum atomic E-state index is 6.07. The van der Waals surface area contributed by atoms with E-state index in [1.165, 1.54) is 0 Å². The first-order chi connectivity index (χ1) is 11.0. The van der Waals surface area contributed by atoms with Crippen LogP contribution in [0.25, 0.3) is 11.6 Å². The fraction of sp³-hybridized carbons (Fsp3) is 0.588. The number of nitrogens with two attached hydrogens (primary N) is 1. The van der Waals surface area contributed by atoms with Crippen molar-refractivity contribution in [1.82, 2.24) is 15.0 Å². The summed E-state index contributed by atoms with van der Waals surface area (Å²) in [6.45, 7) is 5.24. The first-order valence-corrected chi connectivity index (χ1v) is 8.53. The van der Waals surface area contributed by atoms with Crippen LogP contribution in [0.1, 0.15) is 51.7 Å². The molecule has 0 amide bonds. The summed E-state index contributed by atoms with van der Waals surface area (Å²) in [5.41, 5.74) is 6.86. The Balaban J connectivity index is 1.86. The number of oxazole rings is 1. The molecule has 0 aliphatic heterocycles. The van der Waals surface area contributed by atoms with Crippen LogP contribution in [0.2, 0.25) is 5.28 Å². The lowest BCUT2D eigenvalue weighted by Gasteiger charge is -2.43. The molecule has 0 saturated heterocycles. The summed E-state index contributed by atoms with van der Waals surface area (Å²) < 4.78 is 6.07. The molecule has 1 saturated carbocycles. The van der Waals surface area contributed by atoms with Gasteiger partial charge >= 0.3 is 0 Å². The molecule has 124 valence electrons. The van der Waals surface area contributed by atoms with E-state index in [4.69, 9.17) is 21.8 Å². The number of hydrogen-bond donors (Lipinski definition) is 1. The van der Waals surface area contributed by atoms with Crippen molar-refractivity contribution in [3.8, 4) is 11.6 Å². The third kappa shape index (κ3) is 3.12. The molecule has 2 N–H and O–H groups in total. The number of aromatic nitrogens is 3. The molecule has 3 rings (SSSR count). The van der Waals surface area contributed by atoms with Crippen molar-refractivity contribution in [2.45, 2.75) is 51.4 Å². The third-order valence-corrected chi connectivity index (χ3v) is 5.64. The Hall–Kier alpha value is -1.46. The van der Waals surface area contributed by atoms with Crippen molar-refractivity contribution in [2.75, 3.05) is 6.54 Å². The molecular formula is C17H23ClN4O. The topological polar surface area (TPSA) is 77.8 Å². The summed E-state index contributed by atoms with van der Waals surface area (Å²) in [5, 5.41) is 0.198. The number of rotatable bonds is 4. The zero-order valence-electron chi connectivity index (χ0n) is 13.7. The van der Waals surface area contributed by atoms with E-state index in [1.807, 2.05) is 6.20 Å². The van der Waals surface area contributed by atoms with Crippen LogP contribution in [0.4, 0.5) is 0 Å². The quantitative estimate of drug-likeness (QED) is 0.856. The second-order valence-electron chi connectivity index (χ2n) is 6.89. The number of nitrogens with zero attached hydrogens (tertiary/aromatic N) is 3. The molecule has 0 atom stereocenters. The van der Waals surface area contributed by atoms with Crippen molar-refractivity contribution in [3.63, 3.8) is 0 Å². The second-order valence-corrected chi connectivity index (χ2v) is 7.23. The Morgan fingerprint density at radius 1 is 1.26 bits per heavy atom. The zero-order valence-corrected chi connectivity index (χ0v) is 14.4. The molecule has 2 aromatic rings. The van der Waals surface area contributed by atoms with Gasteiger partial charge in [-0.1, -0.05) is 13.8 Å². The van der Waals surface area contributed by atoms with Gasteiger partial charge in [0.1, 0.15) is 11.5 Å². The Bertz CT molecular complexity index is 677. The van der Waals surface area contributed by atoms with Gasteiger partial charge < -0.3 is 10.2 Å². The van der Waals surface area contributed by atoms with Gasteiger partial charge in [-0.25, -0.2) is 15.0 Å². The predicted octanol–water partition coefficient (Wildman–Crippen LogP) is 3.97. The van der Waals surface area contributed by atoms with Crippen LogP contribution in [-0.2, 0) is 5.41 Å². The van der Waals surface area contributed by atoms with Crippen LogP contribution in [-0.4, -0.2) is 21.5 Å². The van der Waals surface area contributed by atoms with E-state index in [0.717, 1.165) is 44.4 Å². The first-order valence-electron chi connectivity index (χ1n) is 8.16. The molecule has 0 unspecified atom stereocenters. The lowest BCUT2D eigenvalue weighted by Crippen LogP contribution is -2.39. The molecule has 23 heavy (non-hydrogen) atoms. The summed E-state index contributed by atoms with van der Waals surface area (Å²) in [6.07, 6.45) is 8.89. The molecule has 0 aromatic carbocycles. The highest BCUT2D eigenvalue weighted by Gasteiger charge is 2.42. The lowest BCUT2D eigenvalue weighted by atomic mass is 9.62. The molecule has 0 bridgehead atoms. The molecule has 6 heteroatoms. The monoisotopic (exact) mass is 334 g/mol. The van der Waals surface area contributed by atoms with Crippen molar-refractivity contribution in [2.24, 2.45) is 11.1 Å². The minimum atomic E-state index is 0.0523. The summed E-state index contributed by atoms with van der Waals surface area (Å²) in [4.78, 5) is 12.5. The van der Waals surface area contributed by atoms with Crippen LogP contribution < -0.4 is 5.73 Å². The van der Waals surface area contributed by atoms with E-state index >= 15 is 0 Å². The predicted molar refractivity (Wildman–Crippen MR) is 90.1 cm³/mol. The standard InChI is InChI=1S/C17H23ClN4O/c1-3-17(7-5-16(2,11-19)6-8-17)13-10-21-14(23-13)12-4-9-20-15(18)22-12/h4,9-10H,3,5-8,11,19H2,1-2H3/t16-,17+. The van der Waals surface area contributed by atoms with Gasteiger partial charge in [0.15, 0.2) is 0 Å². The smallest absolute Gasteiger partial charge is 0.245 e. The van der Waals surface area contributed by atoms with E-state index in [2.05, 4.69) is 28.8 Å². The van der Waals surface area contributed by atoms with Gasteiger partial charge in [0.05, 0.1) is 6.20 Å².